The fraction of sp³-hybridized carbons (Fsp3) is 0.545. The Labute approximate surface area is 107 Å². The molecule has 1 aromatic heterocycles. The van der Waals surface area contributed by atoms with Crippen molar-refractivity contribution in [3.63, 3.8) is 0 Å². The van der Waals surface area contributed by atoms with Crippen molar-refractivity contribution in [2.75, 3.05) is 13.2 Å². The largest absolute Gasteiger partial charge is 0.417 e. The van der Waals surface area contributed by atoms with Crippen molar-refractivity contribution in [1.82, 2.24) is 4.98 Å². The number of halogens is 3. The molecule has 1 aromatic rings. The van der Waals surface area contributed by atoms with Gasteiger partial charge in [0.05, 0.1) is 17.2 Å². The Morgan fingerprint density at radius 3 is 2.72 bits per heavy atom. The van der Waals surface area contributed by atoms with E-state index < -0.39 is 11.7 Å². The molecule has 3 nitrogen and oxygen atoms in total. The van der Waals surface area contributed by atoms with E-state index in [-0.39, 0.29) is 11.3 Å². The van der Waals surface area contributed by atoms with Crippen LogP contribution in [-0.4, -0.2) is 29.5 Å². The fourth-order valence-electron chi connectivity index (χ4n) is 1.62. The maximum absolute atomic E-state index is 12.4. The van der Waals surface area contributed by atoms with Crippen LogP contribution in [0.1, 0.15) is 12.0 Å². The van der Waals surface area contributed by atoms with Gasteiger partial charge in [-0.15, -0.1) is 0 Å². The summed E-state index contributed by atoms with van der Waals surface area (Å²) in [6, 6.07) is 2.40. The van der Waals surface area contributed by atoms with Gasteiger partial charge < -0.3 is 10.5 Å². The third-order valence-corrected chi connectivity index (χ3v) is 3.96. The molecule has 2 unspecified atom stereocenters. The molecule has 2 N–H and O–H groups in total. The average molecular weight is 278 g/mol. The van der Waals surface area contributed by atoms with E-state index in [2.05, 4.69) is 4.98 Å². The van der Waals surface area contributed by atoms with Crippen molar-refractivity contribution in [3.05, 3.63) is 23.9 Å². The van der Waals surface area contributed by atoms with Gasteiger partial charge in [-0.05, 0) is 18.6 Å². The third-order valence-electron chi connectivity index (χ3n) is 2.69. The molecule has 0 saturated carbocycles. The first-order valence-electron chi connectivity index (χ1n) is 5.50. The zero-order valence-corrected chi connectivity index (χ0v) is 10.3. The first-order chi connectivity index (χ1) is 8.47. The lowest BCUT2D eigenvalue weighted by Gasteiger charge is -2.27. The number of alkyl halides is 3. The van der Waals surface area contributed by atoms with Crippen molar-refractivity contribution in [3.8, 4) is 0 Å². The molecule has 0 radical (unpaired) electrons. The van der Waals surface area contributed by atoms with Crippen LogP contribution < -0.4 is 5.73 Å². The number of hydrogen-bond acceptors (Lipinski definition) is 4. The van der Waals surface area contributed by atoms with Crippen LogP contribution in [0.5, 0.6) is 0 Å². The third kappa shape index (κ3) is 3.37. The quantitative estimate of drug-likeness (QED) is 0.902. The number of nitrogens with two attached hydrogens (primary N) is 1. The number of pyridine rings is 1. The molecule has 1 saturated heterocycles. The Bertz CT molecular complexity index is 396. The second-order valence-electron chi connectivity index (χ2n) is 4.07. The van der Waals surface area contributed by atoms with E-state index in [1.807, 2.05) is 0 Å². The molecule has 1 aliphatic rings. The maximum Gasteiger partial charge on any atom is 0.417 e. The van der Waals surface area contributed by atoms with E-state index in [9.17, 15) is 13.2 Å². The fourth-order valence-corrected chi connectivity index (χ4v) is 2.67. The lowest BCUT2D eigenvalue weighted by Crippen LogP contribution is -2.40. The molecule has 2 atom stereocenters. The molecular formula is C11H13F3N2OS. The Morgan fingerprint density at radius 1 is 1.39 bits per heavy atom. The number of nitrogens with zero attached hydrogens (tertiary/aromatic N) is 1. The van der Waals surface area contributed by atoms with Gasteiger partial charge in [-0.3, -0.25) is 0 Å². The summed E-state index contributed by atoms with van der Waals surface area (Å²) < 4.78 is 42.4. The predicted molar refractivity (Wildman–Crippen MR) is 62.3 cm³/mol. The van der Waals surface area contributed by atoms with E-state index in [1.165, 1.54) is 17.8 Å². The summed E-state index contributed by atoms with van der Waals surface area (Å²) in [6.07, 6.45) is -2.74. The minimum atomic E-state index is -4.35. The predicted octanol–water partition coefficient (Wildman–Crippen LogP) is 2.31. The van der Waals surface area contributed by atoms with Gasteiger partial charge in [0.25, 0.3) is 0 Å². The van der Waals surface area contributed by atoms with Gasteiger partial charge in [0.2, 0.25) is 0 Å². The monoisotopic (exact) mass is 278 g/mol. The maximum atomic E-state index is 12.4. The Balaban J connectivity index is 2.02. The van der Waals surface area contributed by atoms with Gasteiger partial charge in [0, 0.05) is 24.1 Å². The SMILES string of the molecule is NC1CCOCC1Sc1ccc(C(F)(F)F)cn1. The van der Waals surface area contributed by atoms with Crippen molar-refractivity contribution in [2.45, 2.75) is 28.9 Å². The smallest absolute Gasteiger partial charge is 0.380 e. The van der Waals surface area contributed by atoms with E-state index in [1.54, 1.807) is 0 Å². The summed E-state index contributed by atoms with van der Waals surface area (Å²) >= 11 is 1.36. The lowest BCUT2D eigenvalue weighted by molar-refractivity contribution is -0.137. The minimum absolute atomic E-state index is 0.00663. The zero-order chi connectivity index (χ0) is 13.2. The Hall–Kier alpha value is -0.790. The van der Waals surface area contributed by atoms with E-state index in [4.69, 9.17) is 10.5 Å². The molecule has 1 fully saturated rings. The molecule has 1 aliphatic heterocycles. The van der Waals surface area contributed by atoms with Gasteiger partial charge in [0.15, 0.2) is 0 Å². The summed E-state index contributed by atoms with van der Waals surface area (Å²) in [4.78, 5) is 3.81. The molecule has 0 spiro atoms. The van der Waals surface area contributed by atoms with Crippen LogP contribution in [0.3, 0.4) is 0 Å². The topological polar surface area (TPSA) is 48.1 Å². The zero-order valence-electron chi connectivity index (χ0n) is 9.48. The van der Waals surface area contributed by atoms with Crippen LogP contribution >= 0.6 is 11.8 Å². The number of ether oxygens (including phenoxy) is 1. The van der Waals surface area contributed by atoms with Gasteiger partial charge in [-0.25, -0.2) is 4.98 Å². The number of aromatic nitrogens is 1. The second kappa shape index (κ2) is 5.46. The van der Waals surface area contributed by atoms with Gasteiger partial charge in [-0.1, -0.05) is 11.8 Å². The molecule has 0 aliphatic carbocycles. The van der Waals surface area contributed by atoms with Crippen LogP contribution in [-0.2, 0) is 10.9 Å². The molecule has 0 amide bonds. The van der Waals surface area contributed by atoms with Crippen molar-refractivity contribution < 1.29 is 17.9 Å². The van der Waals surface area contributed by atoms with Gasteiger partial charge in [0.1, 0.15) is 0 Å². The molecule has 2 rings (SSSR count). The highest BCUT2D eigenvalue weighted by Crippen LogP contribution is 2.31. The summed E-state index contributed by atoms with van der Waals surface area (Å²) in [6.45, 7) is 1.15. The standard InChI is InChI=1S/C11H13F3N2OS/c12-11(13,14)7-1-2-10(16-5-7)18-9-6-17-4-3-8(9)15/h1-2,5,8-9H,3-4,6,15H2. The average Bonchev–Trinajstić information content (AvgIpc) is 2.32. The van der Waals surface area contributed by atoms with Crippen LogP contribution in [0.25, 0.3) is 0 Å². The van der Waals surface area contributed by atoms with Gasteiger partial charge >= 0.3 is 6.18 Å². The highest BCUT2D eigenvalue weighted by atomic mass is 32.2. The summed E-state index contributed by atoms with van der Waals surface area (Å²) in [5, 5.41) is 0.580. The van der Waals surface area contributed by atoms with Crippen LogP contribution in [0.15, 0.2) is 23.4 Å². The summed E-state index contributed by atoms with van der Waals surface area (Å²) in [5.41, 5.74) is 5.18. The normalized spacial score (nSPS) is 25.1. The van der Waals surface area contributed by atoms with Crippen LogP contribution in [0.4, 0.5) is 13.2 Å². The van der Waals surface area contributed by atoms with Crippen LogP contribution in [0, 0.1) is 0 Å². The summed E-state index contributed by atoms with van der Waals surface area (Å²) in [7, 11) is 0. The van der Waals surface area contributed by atoms with Crippen molar-refractivity contribution in [2.24, 2.45) is 5.73 Å². The number of thioether (sulfide) groups is 1. The Morgan fingerprint density at radius 2 is 2.17 bits per heavy atom. The first kappa shape index (κ1) is 13.6. The van der Waals surface area contributed by atoms with Crippen LogP contribution in [0.2, 0.25) is 0 Å². The lowest BCUT2D eigenvalue weighted by atomic mass is 10.1. The number of hydrogen-bond donors (Lipinski definition) is 1. The van der Waals surface area contributed by atoms with E-state index in [0.717, 1.165) is 18.7 Å². The molecule has 2 heterocycles. The molecule has 0 aromatic carbocycles. The molecule has 7 heteroatoms. The molecule has 100 valence electrons. The van der Waals surface area contributed by atoms with E-state index in [0.29, 0.717) is 18.2 Å². The first-order valence-corrected chi connectivity index (χ1v) is 6.38. The molecule has 0 bridgehead atoms. The highest BCUT2D eigenvalue weighted by Gasteiger charge is 2.31. The van der Waals surface area contributed by atoms with Crippen molar-refractivity contribution >= 4 is 11.8 Å². The van der Waals surface area contributed by atoms with Crippen molar-refractivity contribution in [1.29, 1.82) is 0 Å². The minimum Gasteiger partial charge on any atom is -0.380 e. The molecular weight excluding hydrogens is 265 g/mol. The highest BCUT2D eigenvalue weighted by molar-refractivity contribution is 8.00. The summed E-state index contributed by atoms with van der Waals surface area (Å²) in [5.74, 6) is 0. The van der Waals surface area contributed by atoms with Gasteiger partial charge in [-0.2, -0.15) is 13.2 Å². The number of rotatable bonds is 2. The molecule has 18 heavy (non-hydrogen) atoms. The second-order valence-corrected chi connectivity index (χ2v) is 5.33. The van der Waals surface area contributed by atoms with E-state index >= 15 is 0 Å². The Kier molecular flexibility index (Phi) is 4.14.